The molecule has 2 aromatic carbocycles. The van der Waals surface area contributed by atoms with E-state index in [1.807, 2.05) is 52.0 Å². The lowest BCUT2D eigenvalue weighted by Gasteiger charge is -2.13. The van der Waals surface area contributed by atoms with Crippen molar-refractivity contribution in [2.45, 2.75) is 34.1 Å². The highest BCUT2D eigenvalue weighted by atomic mass is 31.0. The van der Waals surface area contributed by atoms with Crippen LogP contribution in [0.3, 0.4) is 0 Å². The van der Waals surface area contributed by atoms with E-state index in [-0.39, 0.29) is 5.56 Å². The molecule has 3 heteroatoms. The summed E-state index contributed by atoms with van der Waals surface area (Å²) < 4.78 is 0. The molecule has 26 heavy (non-hydrogen) atoms. The first-order valence-corrected chi connectivity index (χ1v) is 10.0. The number of aryl methyl sites for hydroxylation is 1. The van der Waals surface area contributed by atoms with Crippen molar-refractivity contribution in [3.8, 4) is 11.1 Å². The zero-order valence-electron chi connectivity index (χ0n) is 16.1. The van der Waals surface area contributed by atoms with Gasteiger partial charge in [0.25, 0.3) is 5.56 Å². The molecule has 0 spiro atoms. The van der Waals surface area contributed by atoms with E-state index in [0.29, 0.717) is 0 Å². The molecular weight excluding hydrogens is 337 g/mol. The Balaban J connectivity index is 0.00000117. The molecule has 3 aromatic rings. The maximum Gasteiger partial charge on any atom is 0.251 e. The van der Waals surface area contributed by atoms with Crippen LogP contribution < -0.4 is 5.56 Å². The molecule has 0 aliphatic rings. The molecule has 0 bridgehead atoms. The minimum Gasteiger partial charge on any atom is -0.322 e. The third-order valence-corrected chi connectivity index (χ3v) is 4.62. The summed E-state index contributed by atoms with van der Waals surface area (Å²) in [5, 5.41) is 1.11. The fourth-order valence-corrected chi connectivity index (χ4v) is 3.48. The normalized spacial score (nSPS) is 10.8. The molecule has 136 valence electrons. The van der Waals surface area contributed by atoms with Gasteiger partial charge in [0.2, 0.25) is 0 Å². The van der Waals surface area contributed by atoms with Crippen molar-refractivity contribution in [2.24, 2.45) is 0 Å². The summed E-state index contributed by atoms with van der Waals surface area (Å²) in [7, 11) is 2.78. The second-order valence-electron chi connectivity index (χ2n) is 5.96. The predicted octanol–water partition coefficient (Wildman–Crippen LogP) is 5.98. The molecule has 0 saturated heterocycles. The van der Waals surface area contributed by atoms with Crippen molar-refractivity contribution >= 4 is 26.2 Å². The number of aromatic amines is 1. The van der Waals surface area contributed by atoms with Gasteiger partial charge in [0.15, 0.2) is 0 Å². The Morgan fingerprint density at radius 1 is 1.12 bits per heavy atom. The molecule has 0 aliphatic heterocycles. The molecule has 0 radical (unpaired) electrons. The van der Waals surface area contributed by atoms with Crippen LogP contribution in [0.1, 0.15) is 37.5 Å². The third kappa shape index (κ3) is 4.14. The molecule has 0 amide bonds. The van der Waals surface area contributed by atoms with Gasteiger partial charge in [-0.05, 0) is 54.8 Å². The number of allylic oxidation sites excluding steroid dienone is 1. The van der Waals surface area contributed by atoms with Gasteiger partial charge in [0.1, 0.15) is 0 Å². The van der Waals surface area contributed by atoms with Crippen LogP contribution in [0.5, 0.6) is 0 Å². The van der Waals surface area contributed by atoms with Gasteiger partial charge in [0.05, 0.1) is 0 Å². The van der Waals surface area contributed by atoms with E-state index in [0.717, 1.165) is 40.2 Å². The lowest BCUT2D eigenvalue weighted by molar-refractivity contribution is 1.16. The van der Waals surface area contributed by atoms with Crippen molar-refractivity contribution in [1.29, 1.82) is 0 Å². The second kappa shape index (κ2) is 9.50. The van der Waals surface area contributed by atoms with Gasteiger partial charge < -0.3 is 4.98 Å². The van der Waals surface area contributed by atoms with Crippen molar-refractivity contribution in [2.75, 3.05) is 6.16 Å². The zero-order valence-corrected chi connectivity index (χ0v) is 17.3. The molecule has 1 heterocycles. The molecule has 1 unspecified atom stereocenters. The van der Waals surface area contributed by atoms with Crippen molar-refractivity contribution in [1.82, 2.24) is 4.98 Å². The lowest BCUT2D eigenvalue weighted by atomic mass is 9.93. The van der Waals surface area contributed by atoms with Crippen molar-refractivity contribution < 1.29 is 0 Å². The second-order valence-corrected chi connectivity index (χ2v) is 6.54. The Morgan fingerprint density at radius 2 is 1.85 bits per heavy atom. The van der Waals surface area contributed by atoms with Crippen LogP contribution in [0.4, 0.5) is 0 Å². The SMILES string of the molecule is C/C=C\c1c(C)c(=O)[nH]c2cccc(-c3cccc(CCP)c3)c12.CC. The van der Waals surface area contributed by atoms with Crippen molar-refractivity contribution in [3.63, 3.8) is 0 Å². The van der Waals surface area contributed by atoms with E-state index >= 15 is 0 Å². The summed E-state index contributed by atoms with van der Waals surface area (Å²) in [6.07, 6.45) is 6.11. The highest BCUT2D eigenvalue weighted by Crippen LogP contribution is 2.32. The molecule has 1 N–H and O–H groups in total. The Labute approximate surface area is 158 Å². The first-order chi connectivity index (χ1) is 12.7. The minimum absolute atomic E-state index is 0.0236. The third-order valence-electron chi connectivity index (χ3n) is 4.33. The highest BCUT2D eigenvalue weighted by molar-refractivity contribution is 7.16. The number of pyridine rings is 1. The average Bonchev–Trinajstić information content (AvgIpc) is 2.67. The van der Waals surface area contributed by atoms with E-state index in [2.05, 4.69) is 44.6 Å². The van der Waals surface area contributed by atoms with Gasteiger partial charge in [-0.3, -0.25) is 4.79 Å². The summed E-state index contributed by atoms with van der Waals surface area (Å²) in [6.45, 7) is 7.86. The maximum absolute atomic E-state index is 12.2. The van der Waals surface area contributed by atoms with Gasteiger partial charge >= 0.3 is 0 Å². The number of H-pyrrole nitrogens is 1. The quantitative estimate of drug-likeness (QED) is 0.567. The van der Waals surface area contributed by atoms with Gasteiger partial charge in [-0.2, -0.15) is 0 Å². The van der Waals surface area contributed by atoms with E-state index in [1.165, 1.54) is 11.1 Å². The Bertz CT molecular complexity index is 970. The van der Waals surface area contributed by atoms with E-state index in [1.54, 1.807) is 0 Å². The monoisotopic (exact) mass is 365 g/mol. The van der Waals surface area contributed by atoms with Gasteiger partial charge in [-0.15, -0.1) is 9.24 Å². The van der Waals surface area contributed by atoms with E-state index in [9.17, 15) is 4.79 Å². The Kier molecular flexibility index (Phi) is 7.36. The van der Waals surface area contributed by atoms with Crippen LogP contribution in [-0.4, -0.2) is 11.1 Å². The number of hydrogen-bond acceptors (Lipinski definition) is 1. The number of hydrogen-bond donors (Lipinski definition) is 1. The van der Waals surface area contributed by atoms with Gasteiger partial charge in [-0.1, -0.05) is 62.4 Å². The topological polar surface area (TPSA) is 32.9 Å². The highest BCUT2D eigenvalue weighted by Gasteiger charge is 2.12. The van der Waals surface area contributed by atoms with Crippen LogP contribution in [0.2, 0.25) is 0 Å². The average molecular weight is 365 g/mol. The van der Waals surface area contributed by atoms with Crippen molar-refractivity contribution in [3.05, 3.63) is 75.6 Å². The van der Waals surface area contributed by atoms with Crippen LogP contribution in [0.25, 0.3) is 28.1 Å². The fraction of sp³-hybridized carbons (Fsp3) is 0.261. The summed E-state index contributed by atoms with van der Waals surface area (Å²) in [6, 6.07) is 14.8. The standard InChI is InChI=1S/C21H22NOP.C2H6/c1-3-6-17-14(2)21(23)22-19-10-5-9-18(20(17)19)16-8-4-7-15(13-16)11-12-24;1-2/h3-10,13H,11-12,24H2,1-2H3,(H,22,23);1-2H3/b6-3-;. The number of aromatic nitrogens is 1. The zero-order chi connectivity index (χ0) is 19.1. The van der Waals surface area contributed by atoms with Gasteiger partial charge in [-0.25, -0.2) is 0 Å². The summed E-state index contributed by atoms with van der Waals surface area (Å²) in [5.74, 6) is 0. The van der Waals surface area contributed by atoms with E-state index in [4.69, 9.17) is 0 Å². The van der Waals surface area contributed by atoms with E-state index < -0.39 is 0 Å². The Hall–Kier alpha value is -2.18. The molecule has 1 atom stereocenters. The molecular formula is C23H28NOP. The number of rotatable bonds is 4. The van der Waals surface area contributed by atoms with Gasteiger partial charge in [0, 0.05) is 16.5 Å². The van der Waals surface area contributed by atoms with Crippen LogP contribution in [-0.2, 0) is 6.42 Å². The molecule has 0 aliphatic carbocycles. The fourth-order valence-electron chi connectivity index (χ4n) is 3.15. The largest absolute Gasteiger partial charge is 0.322 e. The molecule has 3 rings (SSSR count). The maximum atomic E-state index is 12.2. The molecule has 0 saturated carbocycles. The van der Waals surface area contributed by atoms with Crippen LogP contribution >= 0.6 is 9.24 Å². The minimum atomic E-state index is -0.0236. The number of benzene rings is 2. The van der Waals surface area contributed by atoms with Crippen LogP contribution in [0.15, 0.2) is 53.3 Å². The first kappa shape index (κ1) is 20.1. The summed E-state index contributed by atoms with van der Waals surface area (Å²) >= 11 is 0. The lowest BCUT2D eigenvalue weighted by Crippen LogP contribution is -2.11. The summed E-state index contributed by atoms with van der Waals surface area (Å²) in [5.41, 5.74) is 6.29. The predicted molar refractivity (Wildman–Crippen MR) is 119 cm³/mol. The number of fused-ring (bicyclic) bond motifs is 1. The molecule has 2 nitrogen and oxygen atoms in total. The Morgan fingerprint density at radius 3 is 2.54 bits per heavy atom. The molecule has 0 fully saturated rings. The summed E-state index contributed by atoms with van der Waals surface area (Å²) in [4.78, 5) is 15.2. The van der Waals surface area contributed by atoms with Crippen LogP contribution in [0, 0.1) is 6.92 Å². The number of nitrogens with one attached hydrogen (secondary N) is 1. The smallest absolute Gasteiger partial charge is 0.251 e. The first-order valence-electron chi connectivity index (χ1n) is 9.23. The molecule has 1 aromatic heterocycles.